The van der Waals surface area contributed by atoms with Crippen molar-refractivity contribution in [2.75, 3.05) is 0 Å². The van der Waals surface area contributed by atoms with Gasteiger partial charge in [0.2, 0.25) is 0 Å². The fraction of sp³-hybridized carbons (Fsp3) is 0.611. The first-order valence-electron chi connectivity index (χ1n) is 8.41. The van der Waals surface area contributed by atoms with E-state index in [4.69, 9.17) is 10.7 Å². The summed E-state index contributed by atoms with van der Waals surface area (Å²) in [5.41, 5.74) is 8.83. The zero-order valence-corrected chi connectivity index (χ0v) is 13.1. The van der Waals surface area contributed by atoms with Crippen molar-refractivity contribution in [3.63, 3.8) is 0 Å². The van der Waals surface area contributed by atoms with Gasteiger partial charge in [0, 0.05) is 19.5 Å². The Balaban J connectivity index is 1.72. The van der Waals surface area contributed by atoms with Gasteiger partial charge < -0.3 is 10.3 Å². The molecule has 1 aromatic heterocycles. The molecule has 3 nitrogen and oxygen atoms in total. The third kappa shape index (κ3) is 3.29. The van der Waals surface area contributed by atoms with Crippen molar-refractivity contribution < 1.29 is 0 Å². The van der Waals surface area contributed by atoms with Gasteiger partial charge in [-0.25, -0.2) is 4.98 Å². The third-order valence-electron chi connectivity index (χ3n) is 5.05. The van der Waals surface area contributed by atoms with Gasteiger partial charge in [-0.05, 0) is 30.9 Å². The molecule has 2 aromatic rings. The van der Waals surface area contributed by atoms with E-state index < -0.39 is 0 Å². The number of nitrogens with two attached hydrogens (primary N) is 1. The minimum absolute atomic E-state index is 0.249. The van der Waals surface area contributed by atoms with Crippen molar-refractivity contribution in [1.82, 2.24) is 9.55 Å². The number of benzene rings is 1. The number of imidazole rings is 1. The molecule has 21 heavy (non-hydrogen) atoms. The number of hydrogen-bond acceptors (Lipinski definition) is 2. The smallest absolute Gasteiger partial charge is 0.111 e. The molecule has 0 spiro atoms. The number of rotatable bonds is 3. The minimum Gasteiger partial charge on any atom is -0.331 e. The Morgan fingerprint density at radius 1 is 1.14 bits per heavy atom. The zero-order valence-electron chi connectivity index (χ0n) is 13.1. The van der Waals surface area contributed by atoms with E-state index in [1.54, 1.807) is 0 Å². The summed E-state index contributed by atoms with van der Waals surface area (Å²) < 4.78 is 2.21. The molecule has 3 heteroatoms. The first-order valence-corrected chi connectivity index (χ1v) is 8.41. The van der Waals surface area contributed by atoms with E-state index in [9.17, 15) is 0 Å². The number of hydrogen-bond donors (Lipinski definition) is 1. The highest BCUT2D eigenvalue weighted by molar-refractivity contribution is 5.75. The Bertz CT molecular complexity index is 579. The summed E-state index contributed by atoms with van der Waals surface area (Å²) in [6.07, 6.45) is 10.4. The van der Waals surface area contributed by atoms with Gasteiger partial charge in [0.1, 0.15) is 5.82 Å². The highest BCUT2D eigenvalue weighted by atomic mass is 15.1. The van der Waals surface area contributed by atoms with Crippen LogP contribution in [0.5, 0.6) is 0 Å². The predicted octanol–water partition coefficient (Wildman–Crippen LogP) is 3.80. The van der Waals surface area contributed by atoms with Crippen LogP contribution in [0.3, 0.4) is 0 Å². The molecule has 1 aliphatic rings. The van der Waals surface area contributed by atoms with E-state index >= 15 is 0 Å². The monoisotopic (exact) mass is 285 g/mol. The van der Waals surface area contributed by atoms with Crippen molar-refractivity contribution in [3.8, 4) is 0 Å². The summed E-state index contributed by atoms with van der Waals surface area (Å²) >= 11 is 0. The summed E-state index contributed by atoms with van der Waals surface area (Å²) in [4.78, 5) is 4.77. The highest BCUT2D eigenvalue weighted by Gasteiger charge is 2.21. The fourth-order valence-corrected chi connectivity index (χ4v) is 3.67. The van der Waals surface area contributed by atoms with Crippen LogP contribution < -0.4 is 5.73 Å². The van der Waals surface area contributed by atoms with Gasteiger partial charge in [-0.2, -0.15) is 0 Å². The maximum Gasteiger partial charge on any atom is 0.111 e. The van der Waals surface area contributed by atoms with Crippen LogP contribution in [-0.2, 0) is 13.5 Å². The second-order valence-corrected chi connectivity index (χ2v) is 6.55. The summed E-state index contributed by atoms with van der Waals surface area (Å²) in [5.74, 6) is 1.80. The molecule has 3 rings (SSSR count). The summed E-state index contributed by atoms with van der Waals surface area (Å²) in [7, 11) is 2.11. The molecule has 0 radical (unpaired) electrons. The maximum atomic E-state index is 6.54. The quantitative estimate of drug-likeness (QED) is 0.932. The van der Waals surface area contributed by atoms with Gasteiger partial charge in [-0.3, -0.25) is 0 Å². The van der Waals surface area contributed by atoms with Crippen molar-refractivity contribution in [2.45, 2.75) is 57.4 Å². The molecule has 0 bridgehead atoms. The van der Waals surface area contributed by atoms with Crippen LogP contribution in [0.1, 0.15) is 50.8 Å². The third-order valence-corrected chi connectivity index (χ3v) is 5.05. The molecule has 1 saturated carbocycles. The van der Waals surface area contributed by atoms with Crippen LogP contribution in [0.15, 0.2) is 24.3 Å². The Labute approximate surface area is 127 Å². The molecule has 1 fully saturated rings. The van der Waals surface area contributed by atoms with Crippen LogP contribution in [0.4, 0.5) is 0 Å². The van der Waals surface area contributed by atoms with E-state index in [-0.39, 0.29) is 6.04 Å². The predicted molar refractivity (Wildman–Crippen MR) is 88.2 cm³/mol. The van der Waals surface area contributed by atoms with E-state index in [0.29, 0.717) is 5.92 Å². The van der Waals surface area contributed by atoms with Gasteiger partial charge in [0.15, 0.2) is 0 Å². The molecular weight excluding hydrogens is 258 g/mol. The standard InChI is InChI=1S/C18H27N3/c1-21-17-12-8-7-11-16(17)20-18(21)13-15(19)14-9-5-3-2-4-6-10-14/h7-8,11-12,14-15H,2-6,9-10,13,19H2,1H3. The van der Waals surface area contributed by atoms with Crippen LogP contribution >= 0.6 is 0 Å². The Morgan fingerprint density at radius 2 is 1.81 bits per heavy atom. The Morgan fingerprint density at radius 3 is 2.52 bits per heavy atom. The molecule has 2 N–H and O–H groups in total. The summed E-state index contributed by atoms with van der Waals surface area (Å²) in [5, 5.41) is 0. The number of para-hydroxylation sites is 2. The lowest BCUT2D eigenvalue weighted by atomic mass is 9.85. The van der Waals surface area contributed by atoms with Crippen LogP contribution in [-0.4, -0.2) is 15.6 Å². The molecule has 1 heterocycles. The maximum absolute atomic E-state index is 6.54. The molecule has 1 aromatic carbocycles. The van der Waals surface area contributed by atoms with E-state index in [1.165, 1.54) is 50.5 Å². The molecule has 0 amide bonds. The first-order chi connectivity index (χ1) is 10.3. The fourth-order valence-electron chi connectivity index (χ4n) is 3.67. The van der Waals surface area contributed by atoms with Crippen molar-refractivity contribution in [1.29, 1.82) is 0 Å². The average molecular weight is 285 g/mol. The molecule has 1 aliphatic carbocycles. The lowest BCUT2D eigenvalue weighted by Crippen LogP contribution is -2.33. The van der Waals surface area contributed by atoms with Crippen molar-refractivity contribution in [2.24, 2.45) is 18.7 Å². The van der Waals surface area contributed by atoms with E-state index in [2.05, 4.69) is 29.8 Å². The lowest BCUT2D eigenvalue weighted by molar-refractivity contribution is 0.318. The normalized spacial score (nSPS) is 19.3. The lowest BCUT2D eigenvalue weighted by Gasteiger charge is -2.25. The molecule has 114 valence electrons. The van der Waals surface area contributed by atoms with Gasteiger partial charge in [-0.15, -0.1) is 0 Å². The highest BCUT2D eigenvalue weighted by Crippen LogP contribution is 2.26. The topological polar surface area (TPSA) is 43.8 Å². The Hall–Kier alpha value is -1.35. The SMILES string of the molecule is Cn1c(CC(N)C2CCCCCCC2)nc2ccccc21. The van der Waals surface area contributed by atoms with Crippen molar-refractivity contribution >= 4 is 11.0 Å². The number of aromatic nitrogens is 2. The first kappa shape index (κ1) is 14.6. The zero-order chi connectivity index (χ0) is 14.7. The average Bonchev–Trinajstić information content (AvgIpc) is 2.75. The van der Waals surface area contributed by atoms with E-state index in [0.717, 1.165) is 17.8 Å². The minimum atomic E-state index is 0.249. The second-order valence-electron chi connectivity index (χ2n) is 6.55. The number of aryl methyl sites for hydroxylation is 1. The molecule has 1 atom stereocenters. The van der Waals surface area contributed by atoms with Gasteiger partial charge in [0.25, 0.3) is 0 Å². The van der Waals surface area contributed by atoms with Gasteiger partial charge >= 0.3 is 0 Å². The summed E-state index contributed by atoms with van der Waals surface area (Å²) in [6, 6.07) is 8.59. The van der Waals surface area contributed by atoms with Crippen LogP contribution in [0.25, 0.3) is 11.0 Å². The molecule has 1 unspecified atom stereocenters. The Kier molecular flexibility index (Phi) is 4.59. The molecule has 0 saturated heterocycles. The molecule has 0 aliphatic heterocycles. The number of nitrogens with zero attached hydrogens (tertiary/aromatic N) is 2. The number of fused-ring (bicyclic) bond motifs is 1. The van der Waals surface area contributed by atoms with Crippen LogP contribution in [0, 0.1) is 5.92 Å². The molecular formula is C18H27N3. The van der Waals surface area contributed by atoms with Crippen LogP contribution in [0.2, 0.25) is 0 Å². The largest absolute Gasteiger partial charge is 0.331 e. The van der Waals surface area contributed by atoms with E-state index in [1.807, 2.05) is 6.07 Å². The second kappa shape index (κ2) is 6.61. The van der Waals surface area contributed by atoms with Gasteiger partial charge in [0.05, 0.1) is 11.0 Å². The van der Waals surface area contributed by atoms with Gasteiger partial charge in [-0.1, -0.05) is 44.2 Å². The summed E-state index contributed by atoms with van der Waals surface area (Å²) in [6.45, 7) is 0. The van der Waals surface area contributed by atoms with Crippen molar-refractivity contribution in [3.05, 3.63) is 30.1 Å².